The molecule has 1 aromatic heterocycles. The van der Waals surface area contributed by atoms with Crippen molar-refractivity contribution >= 4 is 5.78 Å². The van der Waals surface area contributed by atoms with Gasteiger partial charge in [0.25, 0.3) is 0 Å². The third-order valence-electron chi connectivity index (χ3n) is 3.13. The summed E-state index contributed by atoms with van der Waals surface area (Å²) in [4.78, 5) is 12.0. The van der Waals surface area contributed by atoms with Crippen LogP contribution < -0.4 is 4.74 Å². The second-order valence-electron chi connectivity index (χ2n) is 5.12. The van der Waals surface area contributed by atoms with Crippen molar-refractivity contribution in [2.45, 2.75) is 32.7 Å². The summed E-state index contributed by atoms with van der Waals surface area (Å²) in [6, 6.07) is 9.81. The minimum absolute atomic E-state index is 0.171. The highest BCUT2D eigenvalue weighted by molar-refractivity contribution is 5.82. The van der Waals surface area contributed by atoms with Crippen molar-refractivity contribution in [3.8, 4) is 5.75 Å². The third kappa shape index (κ3) is 3.70. The summed E-state index contributed by atoms with van der Waals surface area (Å²) in [5.74, 6) is 0.973. The fourth-order valence-electron chi connectivity index (χ4n) is 1.99. The summed E-state index contributed by atoms with van der Waals surface area (Å²) in [7, 11) is 1.63. The van der Waals surface area contributed by atoms with E-state index < -0.39 is 0 Å². The highest BCUT2D eigenvalue weighted by Crippen LogP contribution is 2.13. The normalized spacial score (nSPS) is 10.8. The molecular weight excluding hydrogens is 252 g/mol. The third-order valence-corrected chi connectivity index (χ3v) is 3.13. The molecule has 0 aliphatic rings. The number of nitrogens with zero attached hydrogens (tertiary/aromatic N) is 2. The lowest BCUT2D eigenvalue weighted by Gasteiger charge is -2.04. The van der Waals surface area contributed by atoms with Gasteiger partial charge in [0.2, 0.25) is 0 Å². The lowest BCUT2D eigenvalue weighted by atomic mass is 10.1. The molecule has 1 aromatic carbocycles. The van der Waals surface area contributed by atoms with Crippen LogP contribution in [0.2, 0.25) is 0 Å². The molecule has 106 valence electrons. The van der Waals surface area contributed by atoms with Crippen LogP contribution >= 0.6 is 0 Å². The van der Waals surface area contributed by atoms with Gasteiger partial charge in [-0.2, -0.15) is 5.10 Å². The quantitative estimate of drug-likeness (QED) is 0.812. The Morgan fingerprint density at radius 1 is 1.20 bits per heavy atom. The first-order valence-corrected chi connectivity index (χ1v) is 6.77. The average Bonchev–Trinajstić information content (AvgIpc) is 2.88. The van der Waals surface area contributed by atoms with Crippen LogP contribution in [0.1, 0.15) is 31.1 Å². The van der Waals surface area contributed by atoms with Gasteiger partial charge in [-0.15, -0.1) is 0 Å². The number of carbonyl (C=O) groups is 1. The second kappa shape index (κ2) is 6.37. The van der Waals surface area contributed by atoms with Crippen LogP contribution in [0.3, 0.4) is 0 Å². The Morgan fingerprint density at radius 2 is 1.90 bits per heavy atom. The number of aromatic nitrogens is 2. The van der Waals surface area contributed by atoms with E-state index in [1.165, 1.54) is 0 Å². The Hall–Kier alpha value is -2.10. The van der Waals surface area contributed by atoms with Crippen molar-refractivity contribution < 1.29 is 9.53 Å². The van der Waals surface area contributed by atoms with Gasteiger partial charge in [0, 0.05) is 18.7 Å². The standard InChI is InChI=1S/C16H20N2O2/c1-12(2)18-9-8-14(17-18)11-15(19)10-13-4-6-16(20-3)7-5-13/h4-9,12H,10-11H2,1-3H3. The van der Waals surface area contributed by atoms with Gasteiger partial charge in [0.15, 0.2) is 0 Å². The van der Waals surface area contributed by atoms with Gasteiger partial charge >= 0.3 is 0 Å². The minimum atomic E-state index is 0.171. The first-order valence-electron chi connectivity index (χ1n) is 6.77. The van der Waals surface area contributed by atoms with Gasteiger partial charge in [-0.25, -0.2) is 0 Å². The second-order valence-corrected chi connectivity index (χ2v) is 5.12. The van der Waals surface area contributed by atoms with Crippen LogP contribution in [0.4, 0.5) is 0 Å². The summed E-state index contributed by atoms with van der Waals surface area (Å²) in [5.41, 5.74) is 1.83. The van der Waals surface area contributed by atoms with Crippen molar-refractivity contribution in [3.63, 3.8) is 0 Å². The number of hydrogen-bond acceptors (Lipinski definition) is 3. The molecular formula is C16H20N2O2. The maximum atomic E-state index is 12.0. The monoisotopic (exact) mass is 272 g/mol. The molecule has 0 saturated heterocycles. The van der Waals surface area contributed by atoms with Gasteiger partial charge in [-0.05, 0) is 37.6 Å². The number of methoxy groups -OCH3 is 1. The van der Waals surface area contributed by atoms with Crippen molar-refractivity contribution in [1.82, 2.24) is 9.78 Å². The van der Waals surface area contributed by atoms with Crippen LogP contribution in [0.5, 0.6) is 5.75 Å². The Morgan fingerprint density at radius 3 is 2.45 bits per heavy atom. The molecule has 1 heterocycles. The molecule has 0 aliphatic heterocycles. The van der Waals surface area contributed by atoms with Gasteiger partial charge in [0.1, 0.15) is 11.5 Å². The lowest BCUT2D eigenvalue weighted by molar-refractivity contribution is -0.117. The molecule has 0 radical (unpaired) electrons. The fraction of sp³-hybridized carbons (Fsp3) is 0.375. The van der Waals surface area contributed by atoms with Crippen molar-refractivity contribution in [2.24, 2.45) is 0 Å². The number of benzene rings is 1. The van der Waals surface area contributed by atoms with E-state index in [2.05, 4.69) is 18.9 Å². The Bertz CT molecular complexity index is 570. The molecule has 0 saturated carbocycles. The molecule has 0 atom stereocenters. The largest absolute Gasteiger partial charge is 0.497 e. The molecule has 0 amide bonds. The highest BCUT2D eigenvalue weighted by Gasteiger charge is 2.09. The number of Topliss-reactive ketones (excluding diaryl/α,β-unsaturated/α-hetero) is 1. The summed E-state index contributed by atoms with van der Waals surface area (Å²) in [6.45, 7) is 4.13. The molecule has 0 bridgehead atoms. The Balaban J connectivity index is 1.93. The van der Waals surface area contributed by atoms with E-state index in [1.807, 2.05) is 41.2 Å². The highest BCUT2D eigenvalue weighted by atomic mass is 16.5. The van der Waals surface area contributed by atoms with Gasteiger partial charge < -0.3 is 4.74 Å². The predicted octanol–water partition coefficient (Wildman–Crippen LogP) is 2.83. The van der Waals surface area contributed by atoms with Crippen LogP contribution in [0, 0.1) is 0 Å². The zero-order valence-electron chi connectivity index (χ0n) is 12.2. The van der Waals surface area contributed by atoms with Gasteiger partial charge in [0.05, 0.1) is 19.2 Å². The first kappa shape index (κ1) is 14.3. The lowest BCUT2D eigenvalue weighted by Crippen LogP contribution is -2.08. The van der Waals surface area contributed by atoms with E-state index in [1.54, 1.807) is 7.11 Å². The maximum absolute atomic E-state index is 12.0. The molecule has 2 rings (SSSR count). The summed E-state index contributed by atoms with van der Waals surface area (Å²) >= 11 is 0. The van der Waals surface area contributed by atoms with Gasteiger partial charge in [-0.1, -0.05) is 12.1 Å². The zero-order valence-corrected chi connectivity index (χ0v) is 12.2. The van der Waals surface area contributed by atoms with E-state index in [-0.39, 0.29) is 5.78 Å². The summed E-state index contributed by atoms with van der Waals surface area (Å²) in [6.07, 6.45) is 2.73. The molecule has 0 N–H and O–H groups in total. The van der Waals surface area contributed by atoms with Crippen LogP contribution in [-0.4, -0.2) is 22.7 Å². The van der Waals surface area contributed by atoms with Crippen LogP contribution in [0.25, 0.3) is 0 Å². The van der Waals surface area contributed by atoms with Crippen molar-refractivity contribution in [1.29, 1.82) is 0 Å². The van der Waals surface area contributed by atoms with E-state index in [9.17, 15) is 4.79 Å². The average molecular weight is 272 g/mol. The number of ketones is 1. The molecule has 0 spiro atoms. The smallest absolute Gasteiger partial charge is 0.143 e. The predicted molar refractivity (Wildman–Crippen MR) is 78.0 cm³/mol. The number of ether oxygens (including phenoxy) is 1. The molecule has 20 heavy (non-hydrogen) atoms. The zero-order chi connectivity index (χ0) is 14.5. The molecule has 4 heteroatoms. The molecule has 0 fully saturated rings. The topological polar surface area (TPSA) is 44.1 Å². The van der Waals surface area contributed by atoms with Crippen molar-refractivity contribution in [2.75, 3.05) is 7.11 Å². The molecule has 4 nitrogen and oxygen atoms in total. The minimum Gasteiger partial charge on any atom is -0.497 e. The molecule has 0 aliphatic carbocycles. The van der Waals surface area contributed by atoms with E-state index >= 15 is 0 Å². The molecule has 2 aromatic rings. The fourth-order valence-corrected chi connectivity index (χ4v) is 1.99. The maximum Gasteiger partial charge on any atom is 0.143 e. The number of rotatable bonds is 6. The first-order chi connectivity index (χ1) is 9.58. The van der Waals surface area contributed by atoms with Crippen LogP contribution in [-0.2, 0) is 17.6 Å². The molecule has 0 unspecified atom stereocenters. The van der Waals surface area contributed by atoms with Crippen LogP contribution in [0.15, 0.2) is 36.5 Å². The summed E-state index contributed by atoms with van der Waals surface area (Å²) < 4.78 is 6.97. The SMILES string of the molecule is COc1ccc(CC(=O)Cc2ccn(C(C)C)n2)cc1. The number of carbonyl (C=O) groups excluding carboxylic acids is 1. The van der Waals surface area contributed by atoms with E-state index in [0.29, 0.717) is 18.9 Å². The summed E-state index contributed by atoms with van der Waals surface area (Å²) in [5, 5.41) is 4.39. The van der Waals surface area contributed by atoms with Gasteiger partial charge in [-0.3, -0.25) is 9.48 Å². The Kier molecular flexibility index (Phi) is 4.56. The number of hydrogen-bond donors (Lipinski definition) is 0. The Labute approximate surface area is 119 Å². The van der Waals surface area contributed by atoms with E-state index in [0.717, 1.165) is 17.0 Å². The van der Waals surface area contributed by atoms with Crippen molar-refractivity contribution in [3.05, 3.63) is 47.8 Å². The van der Waals surface area contributed by atoms with E-state index in [4.69, 9.17) is 4.74 Å².